The highest BCUT2D eigenvalue weighted by Gasteiger charge is 2.29. The molecule has 1 atom stereocenters. The molecule has 3 N–H and O–H groups in total. The van der Waals surface area contributed by atoms with Gasteiger partial charge in [-0.3, -0.25) is 0 Å². The molecule has 0 bridgehead atoms. The zero-order valence-corrected chi connectivity index (χ0v) is 11.7. The van der Waals surface area contributed by atoms with Gasteiger partial charge in [-0.2, -0.15) is 0 Å². The molecule has 0 saturated heterocycles. The number of thioether (sulfide) groups is 2. The van der Waals surface area contributed by atoms with E-state index in [1.807, 2.05) is 0 Å². The Morgan fingerprint density at radius 2 is 1.67 bits per heavy atom. The fourth-order valence-corrected chi connectivity index (χ4v) is 4.53. The highest BCUT2D eigenvalue weighted by atomic mass is 32.2. The van der Waals surface area contributed by atoms with Crippen LogP contribution in [0.3, 0.4) is 0 Å². The Kier molecular flexibility index (Phi) is 6.27. The van der Waals surface area contributed by atoms with Crippen LogP contribution in [0.25, 0.3) is 0 Å². The maximum Gasteiger partial charge on any atom is 0.182 e. The molecule has 0 aromatic rings. The van der Waals surface area contributed by atoms with E-state index in [2.05, 4.69) is 0 Å². The zero-order valence-electron chi connectivity index (χ0n) is 9.22. The normalized spacial score (nSPS) is 14.1. The molecule has 0 heterocycles. The lowest BCUT2D eigenvalue weighted by atomic mass is 10.5. The quantitative estimate of drug-likeness (QED) is 0.726. The molecule has 0 rings (SSSR count). The van der Waals surface area contributed by atoms with Crippen LogP contribution in [-0.2, 0) is 9.84 Å². The van der Waals surface area contributed by atoms with Gasteiger partial charge in [-0.1, -0.05) is 0 Å². The van der Waals surface area contributed by atoms with Crippen LogP contribution in [0.5, 0.6) is 0 Å². The minimum Gasteiger partial charge on any atom is -0.374 e. The molecule has 0 aliphatic carbocycles. The zero-order chi connectivity index (χ0) is 12.2. The van der Waals surface area contributed by atoms with Gasteiger partial charge in [0, 0.05) is 0 Å². The Labute approximate surface area is 99.6 Å². The summed E-state index contributed by atoms with van der Waals surface area (Å²) >= 11 is 2.55. The van der Waals surface area contributed by atoms with Crippen LogP contribution < -0.4 is 5.73 Å². The molecular formula is C8H17NO3S3. The van der Waals surface area contributed by atoms with Crippen LogP contribution in [0.2, 0.25) is 0 Å². The van der Waals surface area contributed by atoms with E-state index >= 15 is 0 Å². The Morgan fingerprint density at radius 3 is 1.87 bits per heavy atom. The van der Waals surface area contributed by atoms with Crippen molar-refractivity contribution < 1.29 is 13.5 Å². The molecule has 15 heavy (non-hydrogen) atoms. The summed E-state index contributed by atoms with van der Waals surface area (Å²) in [7, 11) is -3.50. The molecule has 0 fully saturated rings. The second kappa shape index (κ2) is 6.15. The van der Waals surface area contributed by atoms with Crippen molar-refractivity contribution in [1.82, 2.24) is 0 Å². The number of hydrogen-bond acceptors (Lipinski definition) is 6. The van der Waals surface area contributed by atoms with Gasteiger partial charge in [-0.15, -0.1) is 23.5 Å². The van der Waals surface area contributed by atoms with E-state index in [-0.39, 0.29) is 4.91 Å². The maximum atomic E-state index is 11.9. The minimum atomic E-state index is -3.50. The average Bonchev–Trinajstić information content (AvgIpc) is 2.12. The van der Waals surface area contributed by atoms with Crippen molar-refractivity contribution in [1.29, 1.82) is 0 Å². The van der Waals surface area contributed by atoms with Gasteiger partial charge < -0.3 is 10.8 Å². The summed E-state index contributed by atoms with van der Waals surface area (Å²) in [5, 5.41) is 8.76. The molecular weight excluding hydrogens is 254 g/mol. The molecule has 0 unspecified atom stereocenters. The van der Waals surface area contributed by atoms with Crippen molar-refractivity contribution in [3.05, 3.63) is 9.14 Å². The molecule has 0 aromatic heterocycles. The number of aliphatic hydroxyl groups excluding tert-OH is 1. The Balaban J connectivity index is 5.63. The smallest absolute Gasteiger partial charge is 0.182 e. The molecule has 0 aliphatic rings. The molecule has 0 aromatic carbocycles. The first-order valence-corrected chi connectivity index (χ1v) is 8.28. The Morgan fingerprint density at radius 1 is 1.27 bits per heavy atom. The Hall–Kier alpha value is 0.310. The largest absolute Gasteiger partial charge is 0.374 e. The number of rotatable bonds is 5. The predicted octanol–water partition coefficient (Wildman–Crippen LogP) is 0.982. The highest BCUT2D eigenvalue weighted by Crippen LogP contribution is 2.32. The monoisotopic (exact) mass is 271 g/mol. The lowest BCUT2D eigenvalue weighted by molar-refractivity contribution is 0.226. The van der Waals surface area contributed by atoms with Crippen LogP contribution in [0, 0.1) is 0 Å². The molecule has 0 spiro atoms. The van der Waals surface area contributed by atoms with Crippen LogP contribution >= 0.6 is 23.5 Å². The van der Waals surface area contributed by atoms with Gasteiger partial charge in [0.1, 0.15) is 11.1 Å². The summed E-state index contributed by atoms with van der Waals surface area (Å²) in [5.74, 6) is 0. The van der Waals surface area contributed by atoms with Crippen LogP contribution in [0.4, 0.5) is 0 Å². The molecule has 90 valence electrons. The fraction of sp³-hybridized carbons (Fsp3) is 0.750. The third kappa shape index (κ3) is 3.67. The van der Waals surface area contributed by atoms with Crippen molar-refractivity contribution in [2.24, 2.45) is 5.73 Å². The molecule has 7 heteroatoms. The van der Waals surface area contributed by atoms with E-state index in [1.165, 1.54) is 23.5 Å². The van der Waals surface area contributed by atoms with Gasteiger partial charge in [-0.25, -0.2) is 8.42 Å². The highest BCUT2D eigenvalue weighted by molar-refractivity contribution is 8.22. The van der Waals surface area contributed by atoms with Crippen LogP contribution in [0.15, 0.2) is 9.14 Å². The van der Waals surface area contributed by atoms with Gasteiger partial charge in [0.2, 0.25) is 0 Å². The first-order chi connectivity index (χ1) is 6.78. The molecule has 4 nitrogen and oxygen atoms in total. The molecule has 0 aliphatic heterocycles. The van der Waals surface area contributed by atoms with Gasteiger partial charge in [0.15, 0.2) is 9.84 Å². The topological polar surface area (TPSA) is 80.4 Å². The van der Waals surface area contributed by atoms with E-state index < -0.39 is 21.3 Å². The molecule has 0 amide bonds. The van der Waals surface area contributed by atoms with Gasteiger partial charge in [-0.05, 0) is 26.4 Å². The van der Waals surface area contributed by atoms with E-state index in [4.69, 9.17) is 5.73 Å². The summed E-state index contributed by atoms with van der Waals surface area (Å²) in [6.45, 7) is 3.13. The van der Waals surface area contributed by atoms with Gasteiger partial charge in [0.05, 0.1) is 9.49 Å². The van der Waals surface area contributed by atoms with Crippen molar-refractivity contribution in [3.8, 4) is 0 Å². The molecule has 0 radical (unpaired) electrons. The number of sulfone groups is 1. The second-order valence-electron chi connectivity index (χ2n) is 3.10. The van der Waals surface area contributed by atoms with E-state index in [0.717, 1.165) is 0 Å². The van der Waals surface area contributed by atoms with E-state index in [0.29, 0.717) is 4.24 Å². The summed E-state index contributed by atoms with van der Waals surface area (Å²) in [5.41, 5.74) is 5.30. The predicted molar refractivity (Wildman–Crippen MR) is 68.3 cm³/mol. The van der Waals surface area contributed by atoms with Gasteiger partial charge >= 0.3 is 0 Å². The van der Waals surface area contributed by atoms with E-state index in [9.17, 15) is 13.5 Å². The molecule has 0 saturated carbocycles. The first-order valence-electron chi connectivity index (χ1n) is 4.28. The third-order valence-electron chi connectivity index (χ3n) is 1.77. The van der Waals surface area contributed by atoms with E-state index in [1.54, 1.807) is 26.4 Å². The van der Waals surface area contributed by atoms with Crippen molar-refractivity contribution in [2.45, 2.75) is 25.3 Å². The van der Waals surface area contributed by atoms with Gasteiger partial charge in [0.25, 0.3) is 0 Å². The number of hydrogen-bond donors (Lipinski definition) is 2. The average molecular weight is 271 g/mol. The standard InChI is InChI=1S/C8H17NO3S3/c1-5(2)15(11,12)6(7(9)10)8(13-3)14-4/h5,7,10H,9H2,1-4H3/t7-/m1/s1. The van der Waals surface area contributed by atoms with Crippen molar-refractivity contribution in [2.75, 3.05) is 12.5 Å². The third-order valence-corrected chi connectivity index (χ3v) is 6.51. The van der Waals surface area contributed by atoms with Crippen molar-refractivity contribution >= 4 is 33.4 Å². The minimum absolute atomic E-state index is 0.0718. The van der Waals surface area contributed by atoms with Crippen molar-refractivity contribution in [3.63, 3.8) is 0 Å². The fourth-order valence-electron chi connectivity index (χ4n) is 0.944. The lowest BCUT2D eigenvalue weighted by Gasteiger charge is -2.17. The lowest BCUT2D eigenvalue weighted by Crippen LogP contribution is -2.31. The summed E-state index contributed by atoms with van der Waals surface area (Å²) < 4.78 is 24.4. The summed E-state index contributed by atoms with van der Waals surface area (Å²) in [4.78, 5) is -0.0718. The summed E-state index contributed by atoms with van der Waals surface area (Å²) in [6.07, 6.45) is 2.06. The SMILES string of the molecule is CSC(SC)=C([C@H](N)O)S(=O)(=O)C(C)C. The first kappa shape index (κ1) is 15.3. The Bertz CT molecular complexity index is 327. The van der Waals surface area contributed by atoms with Crippen LogP contribution in [-0.4, -0.2) is 37.5 Å². The number of nitrogens with two attached hydrogens (primary N) is 1. The van der Waals surface area contributed by atoms with Crippen LogP contribution in [0.1, 0.15) is 13.8 Å². The maximum absolute atomic E-state index is 11.9. The second-order valence-corrected chi connectivity index (χ2v) is 7.46. The number of aliphatic hydroxyl groups is 1. The summed E-state index contributed by atoms with van der Waals surface area (Å²) in [6, 6.07) is 0.